The summed E-state index contributed by atoms with van der Waals surface area (Å²) >= 11 is 6.01. The summed E-state index contributed by atoms with van der Waals surface area (Å²) in [6.45, 7) is 7.17. The Kier molecular flexibility index (Phi) is 10.3. The van der Waals surface area contributed by atoms with Crippen molar-refractivity contribution in [2.45, 2.75) is 45.3 Å². The Morgan fingerprint density at radius 2 is 1.82 bits per heavy atom. The highest BCUT2D eigenvalue weighted by atomic mass is 35.5. The lowest BCUT2D eigenvalue weighted by atomic mass is 10.0. The van der Waals surface area contributed by atoms with Crippen LogP contribution in [0.15, 0.2) is 47.5 Å². The molecule has 0 aromatic heterocycles. The number of amidine groups is 1. The van der Waals surface area contributed by atoms with Gasteiger partial charge in [-0.15, -0.1) is 0 Å². The summed E-state index contributed by atoms with van der Waals surface area (Å²) in [6, 6.07) is 10.8. The molecule has 0 saturated carbocycles. The number of carbonyl (C=O) groups is 3. The highest BCUT2D eigenvalue weighted by Gasteiger charge is 2.30. The van der Waals surface area contributed by atoms with Crippen LogP contribution in [0, 0.1) is 5.82 Å². The lowest BCUT2D eigenvalue weighted by molar-refractivity contribution is -0.136. The Labute approximate surface area is 233 Å². The smallest absolute Gasteiger partial charge is 0.282 e. The molecule has 3 rings (SSSR count). The maximum absolute atomic E-state index is 14.1. The van der Waals surface area contributed by atoms with E-state index in [1.165, 1.54) is 6.07 Å². The number of hydrogen-bond donors (Lipinski definition) is 2. The third-order valence-corrected chi connectivity index (χ3v) is 6.34. The van der Waals surface area contributed by atoms with Crippen molar-refractivity contribution < 1.29 is 23.5 Å². The fraction of sp³-hybridized carbons (Fsp3) is 0.429. The molecule has 2 amide bonds. The second kappa shape index (κ2) is 13.4. The average Bonchev–Trinajstić information content (AvgIpc) is 2.88. The number of ether oxygens (including phenoxy) is 1. The number of hydrogen-bond acceptors (Lipinski definition) is 6. The van der Waals surface area contributed by atoms with Crippen LogP contribution >= 0.6 is 11.6 Å². The van der Waals surface area contributed by atoms with Gasteiger partial charge in [-0.05, 0) is 50.6 Å². The third kappa shape index (κ3) is 8.95. The van der Waals surface area contributed by atoms with Crippen LogP contribution in [0.2, 0.25) is 5.02 Å². The molecular weight excluding hydrogens is 525 g/mol. The molecule has 1 heterocycles. The normalized spacial score (nSPS) is 15.1. The lowest BCUT2D eigenvalue weighted by Gasteiger charge is -2.38. The minimum Gasteiger partial charge on any atom is -0.460 e. The molecule has 39 heavy (non-hydrogen) atoms. The zero-order valence-electron chi connectivity index (χ0n) is 22.5. The first-order valence-electron chi connectivity index (χ1n) is 12.8. The third-order valence-electron chi connectivity index (χ3n) is 6.08. The molecule has 0 aliphatic carbocycles. The Bertz CT molecular complexity index is 1190. The van der Waals surface area contributed by atoms with E-state index in [1.807, 2.05) is 37.8 Å². The average molecular weight is 560 g/mol. The van der Waals surface area contributed by atoms with Crippen molar-refractivity contribution >= 4 is 41.4 Å². The predicted octanol–water partition coefficient (Wildman–Crippen LogP) is 3.19. The van der Waals surface area contributed by atoms with Crippen molar-refractivity contribution in [1.82, 2.24) is 10.2 Å². The van der Waals surface area contributed by atoms with Gasteiger partial charge in [0.1, 0.15) is 17.5 Å². The number of piperazine rings is 1. The highest BCUT2D eigenvalue weighted by Crippen LogP contribution is 2.23. The summed E-state index contributed by atoms with van der Waals surface area (Å²) in [7, 11) is 0. The summed E-state index contributed by atoms with van der Waals surface area (Å²) < 4.78 is 19.5. The van der Waals surface area contributed by atoms with Crippen molar-refractivity contribution in [2.75, 3.05) is 37.6 Å². The van der Waals surface area contributed by atoms with Gasteiger partial charge in [0.15, 0.2) is 6.29 Å². The summed E-state index contributed by atoms with van der Waals surface area (Å²) in [5, 5.41) is 3.42. The van der Waals surface area contributed by atoms with Gasteiger partial charge in [0.2, 0.25) is 11.8 Å². The second-order valence-electron chi connectivity index (χ2n) is 10.2. The molecule has 1 fully saturated rings. The van der Waals surface area contributed by atoms with E-state index in [0.717, 1.165) is 5.56 Å². The first-order chi connectivity index (χ1) is 18.5. The number of aliphatic imine (C=N–C) groups is 1. The lowest BCUT2D eigenvalue weighted by Crippen LogP contribution is -2.55. The van der Waals surface area contributed by atoms with Crippen molar-refractivity contribution in [2.24, 2.45) is 10.7 Å². The molecule has 3 N–H and O–H groups in total. The van der Waals surface area contributed by atoms with Gasteiger partial charge in [-0.1, -0.05) is 29.8 Å². The minimum atomic E-state index is -0.808. The number of amides is 2. The fourth-order valence-electron chi connectivity index (χ4n) is 4.24. The monoisotopic (exact) mass is 559 g/mol. The minimum absolute atomic E-state index is 0.00125. The fourth-order valence-corrected chi connectivity index (χ4v) is 4.37. The van der Waals surface area contributed by atoms with Crippen LogP contribution in [0.5, 0.6) is 0 Å². The van der Waals surface area contributed by atoms with Crippen LogP contribution in [0.1, 0.15) is 43.1 Å². The molecular formula is C28H35ClFN5O4. The summed E-state index contributed by atoms with van der Waals surface area (Å²) in [4.78, 5) is 45.4. The van der Waals surface area contributed by atoms with E-state index in [2.05, 4.69) is 10.3 Å². The van der Waals surface area contributed by atoms with Crippen LogP contribution in [-0.4, -0.2) is 73.4 Å². The molecule has 9 nitrogen and oxygen atoms in total. The molecule has 11 heteroatoms. The van der Waals surface area contributed by atoms with Crippen LogP contribution in [0.3, 0.4) is 0 Å². The molecule has 1 saturated heterocycles. The van der Waals surface area contributed by atoms with E-state index >= 15 is 0 Å². The number of rotatable bonds is 9. The Hall–Kier alpha value is -3.66. The van der Waals surface area contributed by atoms with Gasteiger partial charge in [-0.3, -0.25) is 14.4 Å². The van der Waals surface area contributed by atoms with Crippen molar-refractivity contribution in [3.63, 3.8) is 0 Å². The summed E-state index contributed by atoms with van der Waals surface area (Å²) in [5.41, 5.74) is 6.61. The number of halogens is 2. The van der Waals surface area contributed by atoms with Crippen molar-refractivity contribution in [3.8, 4) is 0 Å². The van der Waals surface area contributed by atoms with Crippen molar-refractivity contribution in [3.05, 3.63) is 64.4 Å². The first-order valence-corrected chi connectivity index (χ1v) is 13.1. The van der Waals surface area contributed by atoms with Crippen molar-refractivity contribution in [1.29, 1.82) is 0 Å². The van der Waals surface area contributed by atoms with Gasteiger partial charge in [0.25, 0.3) is 6.02 Å². The van der Waals surface area contributed by atoms with E-state index in [9.17, 15) is 18.8 Å². The molecule has 210 valence electrons. The predicted molar refractivity (Wildman–Crippen MR) is 150 cm³/mol. The maximum Gasteiger partial charge on any atom is 0.282 e. The van der Waals surface area contributed by atoms with E-state index in [4.69, 9.17) is 22.1 Å². The number of nitrogens with one attached hydrogen (secondary N) is 1. The van der Waals surface area contributed by atoms with Gasteiger partial charge < -0.3 is 25.6 Å². The van der Waals surface area contributed by atoms with E-state index < -0.39 is 17.5 Å². The van der Waals surface area contributed by atoms with E-state index in [-0.39, 0.29) is 42.8 Å². The number of nitrogens with zero attached hydrogens (tertiary/aromatic N) is 3. The molecule has 0 radical (unpaired) electrons. The van der Waals surface area contributed by atoms with Gasteiger partial charge in [0, 0.05) is 44.0 Å². The number of nitrogens with two attached hydrogens (primary N) is 1. The van der Waals surface area contributed by atoms with Crippen LogP contribution < -0.4 is 16.0 Å². The van der Waals surface area contributed by atoms with Gasteiger partial charge in [-0.2, -0.15) is 0 Å². The standard InChI is InChI=1S/C28H35ClFN5O4/c1-28(2,3)39-27(31)32-12-11-25(37)33-23(17-19-7-9-20(29)10-8-19)26(38)35-15-13-34(14-16-35)24-6-4-5-22(30)21(24)18-36/h4-10,18,23H,11-17H2,1-3H3,(H2,31,32)(H,33,37). The molecule has 2 aromatic carbocycles. The first kappa shape index (κ1) is 29.9. The van der Waals surface area contributed by atoms with Crippen LogP contribution in [0.4, 0.5) is 10.1 Å². The van der Waals surface area contributed by atoms with Gasteiger partial charge >= 0.3 is 0 Å². The molecule has 1 atom stereocenters. The molecule has 0 spiro atoms. The second-order valence-corrected chi connectivity index (χ2v) is 10.7. The van der Waals surface area contributed by atoms with Crippen LogP contribution in [-0.2, 0) is 20.7 Å². The topological polar surface area (TPSA) is 117 Å². The number of anilines is 1. The Morgan fingerprint density at radius 3 is 2.44 bits per heavy atom. The van der Waals surface area contributed by atoms with Gasteiger partial charge in [-0.25, -0.2) is 9.38 Å². The Balaban J connectivity index is 1.66. The summed E-state index contributed by atoms with van der Waals surface area (Å²) in [5.74, 6) is -1.15. The van der Waals surface area contributed by atoms with Gasteiger partial charge in [0.05, 0.1) is 17.8 Å². The molecule has 1 aliphatic rings. The molecule has 1 unspecified atom stereocenters. The molecule has 0 bridgehead atoms. The zero-order valence-corrected chi connectivity index (χ0v) is 23.2. The molecule has 1 aliphatic heterocycles. The van der Waals surface area contributed by atoms with E-state index in [1.54, 1.807) is 29.2 Å². The van der Waals surface area contributed by atoms with Crippen LogP contribution in [0.25, 0.3) is 0 Å². The number of carbonyl (C=O) groups excluding carboxylic acids is 3. The maximum atomic E-state index is 14.1. The molecule has 2 aromatic rings. The zero-order chi connectivity index (χ0) is 28.6. The highest BCUT2D eigenvalue weighted by molar-refractivity contribution is 6.30. The number of benzene rings is 2. The largest absolute Gasteiger partial charge is 0.460 e. The summed E-state index contributed by atoms with van der Waals surface area (Å²) in [6.07, 6.45) is 0.812. The number of aldehydes is 1. The SMILES string of the molecule is CC(C)(C)OC(N)=NCCC(=O)NC(Cc1ccc(Cl)cc1)C(=O)N1CCN(c2cccc(F)c2C=O)CC1. The Morgan fingerprint density at radius 1 is 1.15 bits per heavy atom. The van der Waals surface area contributed by atoms with E-state index in [0.29, 0.717) is 43.2 Å². The quantitative estimate of drug-likeness (QED) is 0.277.